The molecule has 2 fully saturated rings. The van der Waals surface area contributed by atoms with Gasteiger partial charge in [-0.15, -0.1) is 0 Å². The van der Waals surface area contributed by atoms with E-state index in [1.54, 1.807) is 0 Å². The lowest BCUT2D eigenvalue weighted by Crippen LogP contribution is -2.45. The van der Waals surface area contributed by atoms with Crippen LogP contribution in [0, 0.1) is 17.2 Å². The zero-order valence-corrected chi connectivity index (χ0v) is 12.7. The maximum absolute atomic E-state index is 9.46. The van der Waals surface area contributed by atoms with E-state index in [1.165, 1.54) is 32.4 Å². The number of nitrogens with one attached hydrogen (secondary N) is 1. The molecule has 3 unspecified atom stereocenters. The Hall–Kier alpha value is -0.630. The Morgan fingerprint density at radius 2 is 2.21 bits per heavy atom. The van der Waals surface area contributed by atoms with E-state index in [0.29, 0.717) is 12.0 Å². The summed E-state index contributed by atoms with van der Waals surface area (Å²) in [4.78, 5) is 4.91. The third-order valence-electron chi connectivity index (χ3n) is 5.24. The van der Waals surface area contributed by atoms with Crippen LogP contribution < -0.4 is 5.32 Å². The van der Waals surface area contributed by atoms with E-state index in [9.17, 15) is 5.26 Å². The largest absolute Gasteiger partial charge is 0.305 e. The molecule has 4 nitrogen and oxygen atoms in total. The molecule has 1 saturated heterocycles. The molecule has 2 rings (SSSR count). The lowest BCUT2D eigenvalue weighted by atomic mass is 9.86. The van der Waals surface area contributed by atoms with Gasteiger partial charge in [-0.2, -0.15) is 5.26 Å². The molecule has 1 aliphatic carbocycles. The highest BCUT2D eigenvalue weighted by molar-refractivity contribution is 5.13. The average Bonchev–Trinajstić information content (AvgIpc) is 3.03. The molecule has 0 radical (unpaired) electrons. The number of likely N-dealkylation sites (N-methyl/N-ethyl adjacent to an activating group) is 1. The lowest BCUT2D eigenvalue weighted by Gasteiger charge is -2.29. The first-order valence-corrected chi connectivity index (χ1v) is 7.60. The summed E-state index contributed by atoms with van der Waals surface area (Å²) in [5.41, 5.74) is -0.249. The maximum atomic E-state index is 9.46. The van der Waals surface area contributed by atoms with Crippen molar-refractivity contribution in [2.75, 3.05) is 40.8 Å². The van der Waals surface area contributed by atoms with Gasteiger partial charge in [0.2, 0.25) is 0 Å². The van der Waals surface area contributed by atoms with Crippen LogP contribution in [0.3, 0.4) is 0 Å². The van der Waals surface area contributed by atoms with Crippen LogP contribution in [0.15, 0.2) is 0 Å². The van der Waals surface area contributed by atoms with Gasteiger partial charge in [0.05, 0.1) is 6.07 Å². The normalized spacial score (nSPS) is 35.9. The van der Waals surface area contributed by atoms with Crippen molar-refractivity contribution in [2.45, 2.75) is 43.7 Å². The third-order valence-corrected chi connectivity index (χ3v) is 5.24. The van der Waals surface area contributed by atoms with E-state index in [1.807, 2.05) is 7.05 Å². The predicted octanol–water partition coefficient (Wildman–Crippen LogP) is 1.29. The molecule has 2 aliphatic rings. The summed E-state index contributed by atoms with van der Waals surface area (Å²) < 4.78 is 0. The molecule has 4 heteroatoms. The van der Waals surface area contributed by atoms with Gasteiger partial charge in [-0.25, -0.2) is 0 Å². The summed E-state index contributed by atoms with van der Waals surface area (Å²) in [6.07, 6.45) is 5.87. The van der Waals surface area contributed by atoms with Crippen LogP contribution in [0.25, 0.3) is 0 Å². The van der Waals surface area contributed by atoms with Crippen LogP contribution in [0.1, 0.15) is 32.1 Å². The van der Waals surface area contributed by atoms with Crippen LogP contribution in [-0.4, -0.2) is 62.2 Å². The average molecular weight is 264 g/mol. The molecule has 1 saturated carbocycles. The van der Waals surface area contributed by atoms with Gasteiger partial charge in [0.15, 0.2) is 0 Å². The Labute approximate surface area is 117 Å². The van der Waals surface area contributed by atoms with Gasteiger partial charge in [-0.05, 0) is 65.8 Å². The zero-order valence-electron chi connectivity index (χ0n) is 12.7. The molecule has 0 bridgehead atoms. The Balaban J connectivity index is 1.82. The van der Waals surface area contributed by atoms with E-state index in [4.69, 9.17) is 0 Å². The Kier molecular flexibility index (Phi) is 4.83. The molecule has 0 spiro atoms. The molecule has 0 aromatic heterocycles. The van der Waals surface area contributed by atoms with Crippen molar-refractivity contribution in [3.63, 3.8) is 0 Å². The van der Waals surface area contributed by atoms with Gasteiger partial charge in [-0.3, -0.25) is 0 Å². The summed E-state index contributed by atoms with van der Waals surface area (Å²) in [5, 5.41) is 12.8. The zero-order chi connectivity index (χ0) is 13.9. The highest BCUT2D eigenvalue weighted by Crippen LogP contribution is 2.37. The predicted molar refractivity (Wildman–Crippen MR) is 77.9 cm³/mol. The maximum Gasteiger partial charge on any atom is 0.109 e. The van der Waals surface area contributed by atoms with Crippen molar-refractivity contribution in [3.8, 4) is 6.07 Å². The third kappa shape index (κ3) is 3.10. The molecular weight excluding hydrogens is 236 g/mol. The first-order chi connectivity index (χ1) is 9.11. The molecular formula is C15H28N4. The molecule has 108 valence electrons. The number of likely N-dealkylation sites (tertiary alicyclic amines) is 1. The quantitative estimate of drug-likeness (QED) is 0.812. The number of nitriles is 1. The van der Waals surface area contributed by atoms with Crippen molar-refractivity contribution in [2.24, 2.45) is 5.92 Å². The van der Waals surface area contributed by atoms with Crippen molar-refractivity contribution in [1.29, 1.82) is 5.26 Å². The number of hydrogen-bond donors (Lipinski definition) is 1. The van der Waals surface area contributed by atoms with E-state index < -0.39 is 0 Å². The monoisotopic (exact) mass is 264 g/mol. The van der Waals surface area contributed by atoms with Crippen molar-refractivity contribution >= 4 is 0 Å². The van der Waals surface area contributed by atoms with E-state index >= 15 is 0 Å². The molecule has 0 amide bonds. The number of nitrogens with zero attached hydrogens (tertiary/aromatic N) is 3. The van der Waals surface area contributed by atoms with Crippen LogP contribution in [0.4, 0.5) is 0 Å². The highest BCUT2D eigenvalue weighted by atomic mass is 15.2. The molecule has 3 atom stereocenters. The fraction of sp³-hybridized carbons (Fsp3) is 0.933. The summed E-state index contributed by atoms with van der Waals surface area (Å²) in [5.74, 6) is 0.529. The van der Waals surface area contributed by atoms with E-state index in [-0.39, 0.29) is 5.54 Å². The summed E-state index contributed by atoms with van der Waals surface area (Å²) in [6, 6.07) is 3.26. The van der Waals surface area contributed by atoms with Gasteiger partial charge in [0, 0.05) is 12.6 Å². The van der Waals surface area contributed by atoms with Crippen molar-refractivity contribution in [3.05, 3.63) is 0 Å². The van der Waals surface area contributed by atoms with Gasteiger partial charge in [0.1, 0.15) is 5.54 Å². The van der Waals surface area contributed by atoms with E-state index in [0.717, 1.165) is 19.4 Å². The topological polar surface area (TPSA) is 42.3 Å². The van der Waals surface area contributed by atoms with Crippen molar-refractivity contribution < 1.29 is 0 Å². The number of hydrogen-bond acceptors (Lipinski definition) is 4. The Morgan fingerprint density at radius 1 is 1.42 bits per heavy atom. The van der Waals surface area contributed by atoms with Crippen LogP contribution in [0.2, 0.25) is 0 Å². The smallest absolute Gasteiger partial charge is 0.109 e. The second-order valence-electron chi connectivity index (χ2n) is 6.42. The van der Waals surface area contributed by atoms with Crippen LogP contribution in [0.5, 0.6) is 0 Å². The van der Waals surface area contributed by atoms with Gasteiger partial charge in [-0.1, -0.05) is 6.42 Å². The second kappa shape index (κ2) is 6.21. The lowest BCUT2D eigenvalue weighted by molar-refractivity contribution is 0.236. The van der Waals surface area contributed by atoms with Crippen LogP contribution in [-0.2, 0) is 0 Å². The number of rotatable bonds is 5. The first kappa shape index (κ1) is 14.8. The van der Waals surface area contributed by atoms with Crippen molar-refractivity contribution in [1.82, 2.24) is 15.1 Å². The first-order valence-electron chi connectivity index (χ1n) is 7.60. The Morgan fingerprint density at radius 3 is 2.79 bits per heavy atom. The highest BCUT2D eigenvalue weighted by Gasteiger charge is 2.41. The van der Waals surface area contributed by atoms with Gasteiger partial charge in [0.25, 0.3) is 0 Å². The SMILES string of the molecule is CNC1(C#N)CCCC1CCN1CCC(N(C)C)C1. The molecule has 0 aromatic carbocycles. The molecule has 1 N–H and O–H groups in total. The minimum atomic E-state index is -0.249. The molecule has 19 heavy (non-hydrogen) atoms. The van der Waals surface area contributed by atoms with E-state index in [2.05, 4.69) is 35.3 Å². The standard InChI is InChI=1S/C15H28N4/c1-17-15(12-16)8-4-5-13(15)6-9-19-10-7-14(11-19)18(2)3/h13-14,17H,4-11H2,1-3H3. The van der Waals surface area contributed by atoms with Gasteiger partial charge < -0.3 is 15.1 Å². The minimum absolute atomic E-state index is 0.249. The molecule has 1 heterocycles. The summed E-state index contributed by atoms with van der Waals surface area (Å²) >= 11 is 0. The fourth-order valence-corrected chi connectivity index (χ4v) is 3.78. The summed E-state index contributed by atoms with van der Waals surface area (Å²) in [7, 11) is 6.29. The fourth-order valence-electron chi connectivity index (χ4n) is 3.78. The van der Waals surface area contributed by atoms with Crippen LogP contribution >= 0.6 is 0 Å². The van der Waals surface area contributed by atoms with Gasteiger partial charge >= 0.3 is 0 Å². The summed E-state index contributed by atoms with van der Waals surface area (Å²) in [6.45, 7) is 3.56. The minimum Gasteiger partial charge on any atom is -0.305 e. The molecule has 1 aliphatic heterocycles. The second-order valence-corrected chi connectivity index (χ2v) is 6.42. The Bertz CT molecular complexity index is 336. The molecule has 0 aromatic rings.